The van der Waals surface area contributed by atoms with Gasteiger partial charge in [0.05, 0.1) is 7.11 Å². The standard InChI is InChI=1S/C16H19N3O3.HI/c1-10-6-11(2)8-12(7-10)19-16(17)18-9-13-4-5-14(22-13)15(20)21-3;/h4-8H,9H2,1-3H3,(H3,17,18,19);1H. The number of ether oxygens (including phenoxy) is 1. The first-order valence-corrected chi connectivity index (χ1v) is 6.80. The Morgan fingerprint density at radius 3 is 2.52 bits per heavy atom. The molecule has 1 aromatic heterocycles. The molecule has 124 valence electrons. The van der Waals surface area contributed by atoms with E-state index in [1.807, 2.05) is 26.0 Å². The van der Waals surface area contributed by atoms with Gasteiger partial charge in [-0.1, -0.05) is 6.07 Å². The van der Waals surface area contributed by atoms with E-state index in [1.165, 1.54) is 7.11 Å². The molecule has 0 radical (unpaired) electrons. The number of nitrogens with two attached hydrogens (primary N) is 1. The molecule has 3 N–H and O–H groups in total. The van der Waals surface area contributed by atoms with Gasteiger partial charge in [-0.05, 0) is 49.2 Å². The Morgan fingerprint density at radius 2 is 1.91 bits per heavy atom. The topological polar surface area (TPSA) is 89.8 Å². The first-order chi connectivity index (χ1) is 10.5. The third-order valence-electron chi connectivity index (χ3n) is 2.95. The lowest BCUT2D eigenvalue weighted by Gasteiger charge is -2.07. The van der Waals surface area contributed by atoms with Gasteiger partial charge in [0.1, 0.15) is 12.3 Å². The quantitative estimate of drug-likeness (QED) is 0.337. The average molecular weight is 429 g/mol. The van der Waals surface area contributed by atoms with E-state index in [2.05, 4.69) is 21.1 Å². The van der Waals surface area contributed by atoms with Crippen LogP contribution in [0.15, 0.2) is 39.7 Å². The number of furan rings is 1. The molecular formula is C16H20IN3O3. The van der Waals surface area contributed by atoms with Crippen LogP contribution >= 0.6 is 24.0 Å². The number of nitrogens with zero attached hydrogens (tertiary/aromatic N) is 1. The van der Waals surface area contributed by atoms with Crippen molar-refractivity contribution in [2.45, 2.75) is 20.4 Å². The zero-order chi connectivity index (χ0) is 16.1. The minimum Gasteiger partial charge on any atom is -0.463 e. The highest BCUT2D eigenvalue weighted by molar-refractivity contribution is 14.0. The van der Waals surface area contributed by atoms with Gasteiger partial charge in [-0.25, -0.2) is 9.79 Å². The largest absolute Gasteiger partial charge is 0.463 e. The molecule has 0 saturated carbocycles. The van der Waals surface area contributed by atoms with E-state index in [4.69, 9.17) is 10.2 Å². The maximum absolute atomic E-state index is 11.3. The Hall–Kier alpha value is -2.03. The molecule has 0 spiro atoms. The maximum Gasteiger partial charge on any atom is 0.373 e. The van der Waals surface area contributed by atoms with Gasteiger partial charge in [-0.2, -0.15) is 0 Å². The minimum atomic E-state index is -0.517. The summed E-state index contributed by atoms with van der Waals surface area (Å²) in [4.78, 5) is 15.5. The molecule has 0 aliphatic carbocycles. The van der Waals surface area contributed by atoms with Gasteiger partial charge in [0.25, 0.3) is 0 Å². The number of aliphatic imine (C=N–C) groups is 1. The minimum absolute atomic E-state index is 0. The van der Waals surface area contributed by atoms with Gasteiger partial charge in [0.15, 0.2) is 5.96 Å². The van der Waals surface area contributed by atoms with E-state index in [9.17, 15) is 4.79 Å². The number of hydrogen-bond donors (Lipinski definition) is 2. The number of rotatable bonds is 4. The Labute approximate surface area is 152 Å². The molecule has 0 amide bonds. The SMILES string of the molecule is COC(=O)c1ccc(CN=C(N)Nc2cc(C)cc(C)c2)o1.I. The normalized spacial score (nSPS) is 10.8. The Bertz CT molecular complexity index is 690. The molecule has 0 unspecified atom stereocenters. The van der Waals surface area contributed by atoms with Gasteiger partial charge >= 0.3 is 5.97 Å². The molecule has 0 saturated heterocycles. The summed E-state index contributed by atoms with van der Waals surface area (Å²) < 4.78 is 9.88. The molecule has 2 rings (SSSR count). The smallest absolute Gasteiger partial charge is 0.373 e. The van der Waals surface area contributed by atoms with Crippen LogP contribution in [0.4, 0.5) is 5.69 Å². The lowest BCUT2D eigenvalue weighted by molar-refractivity contribution is 0.0563. The highest BCUT2D eigenvalue weighted by Gasteiger charge is 2.10. The molecule has 0 aliphatic rings. The molecule has 0 fully saturated rings. The van der Waals surface area contributed by atoms with E-state index in [-0.39, 0.29) is 42.2 Å². The molecule has 0 bridgehead atoms. The summed E-state index contributed by atoms with van der Waals surface area (Å²) >= 11 is 0. The average Bonchev–Trinajstić information content (AvgIpc) is 2.92. The predicted molar refractivity (Wildman–Crippen MR) is 100 cm³/mol. The van der Waals surface area contributed by atoms with E-state index >= 15 is 0 Å². The molecule has 0 atom stereocenters. The monoisotopic (exact) mass is 429 g/mol. The van der Waals surface area contributed by atoms with Crippen molar-refractivity contribution in [1.82, 2.24) is 0 Å². The number of benzene rings is 1. The summed E-state index contributed by atoms with van der Waals surface area (Å²) in [6.45, 7) is 4.27. The number of carbonyl (C=O) groups excluding carboxylic acids is 1. The first kappa shape index (κ1) is 19.0. The number of methoxy groups -OCH3 is 1. The van der Waals surface area contributed by atoms with Crippen molar-refractivity contribution in [3.05, 3.63) is 53.0 Å². The van der Waals surface area contributed by atoms with E-state index in [0.717, 1.165) is 16.8 Å². The number of guanidine groups is 1. The lowest BCUT2D eigenvalue weighted by Crippen LogP contribution is -2.22. The fraction of sp³-hybridized carbons (Fsp3) is 0.250. The van der Waals surface area contributed by atoms with Crippen molar-refractivity contribution in [1.29, 1.82) is 0 Å². The summed E-state index contributed by atoms with van der Waals surface area (Å²) in [5, 5.41) is 3.03. The number of aryl methyl sites for hydroxylation is 2. The highest BCUT2D eigenvalue weighted by atomic mass is 127. The molecule has 1 heterocycles. The van der Waals surface area contributed by atoms with E-state index in [1.54, 1.807) is 12.1 Å². The fourth-order valence-corrected chi connectivity index (χ4v) is 2.07. The fourth-order valence-electron chi connectivity index (χ4n) is 2.07. The summed E-state index contributed by atoms with van der Waals surface area (Å²) in [5.74, 6) is 0.441. The molecule has 2 aromatic rings. The van der Waals surface area contributed by atoms with Gasteiger partial charge in [-0.15, -0.1) is 24.0 Å². The molecule has 23 heavy (non-hydrogen) atoms. The zero-order valence-corrected chi connectivity index (χ0v) is 15.6. The van der Waals surface area contributed by atoms with Crippen molar-refractivity contribution < 1.29 is 13.9 Å². The van der Waals surface area contributed by atoms with Crippen molar-refractivity contribution >= 4 is 41.6 Å². The number of anilines is 1. The third-order valence-corrected chi connectivity index (χ3v) is 2.95. The van der Waals surface area contributed by atoms with Gasteiger partial charge < -0.3 is 20.2 Å². The van der Waals surface area contributed by atoms with Crippen LogP contribution in [-0.4, -0.2) is 19.0 Å². The van der Waals surface area contributed by atoms with Crippen LogP contribution in [0.1, 0.15) is 27.4 Å². The van der Waals surface area contributed by atoms with Crippen LogP contribution in [0.25, 0.3) is 0 Å². The molecule has 0 aliphatic heterocycles. The lowest BCUT2D eigenvalue weighted by atomic mass is 10.1. The molecule has 1 aromatic carbocycles. The number of esters is 1. The maximum atomic E-state index is 11.3. The summed E-state index contributed by atoms with van der Waals surface area (Å²) in [7, 11) is 1.30. The summed E-state index contributed by atoms with van der Waals surface area (Å²) in [5.41, 5.74) is 9.02. The van der Waals surface area contributed by atoms with Crippen LogP contribution in [0.2, 0.25) is 0 Å². The van der Waals surface area contributed by atoms with Gasteiger partial charge in [-0.3, -0.25) is 0 Å². The first-order valence-electron chi connectivity index (χ1n) is 6.80. The Balaban J connectivity index is 0.00000264. The Morgan fingerprint density at radius 1 is 1.26 bits per heavy atom. The third kappa shape index (κ3) is 5.59. The van der Waals surface area contributed by atoms with Gasteiger partial charge in [0, 0.05) is 5.69 Å². The Kier molecular flexibility index (Phi) is 7.08. The van der Waals surface area contributed by atoms with Crippen LogP contribution < -0.4 is 11.1 Å². The second-order valence-electron chi connectivity index (χ2n) is 4.96. The van der Waals surface area contributed by atoms with E-state index in [0.29, 0.717) is 5.76 Å². The second kappa shape index (κ2) is 8.56. The zero-order valence-electron chi connectivity index (χ0n) is 13.3. The molecular weight excluding hydrogens is 409 g/mol. The second-order valence-corrected chi connectivity index (χ2v) is 4.96. The predicted octanol–water partition coefficient (Wildman–Crippen LogP) is 3.23. The number of carbonyl (C=O) groups is 1. The van der Waals surface area contributed by atoms with Crippen LogP contribution in [0.3, 0.4) is 0 Å². The van der Waals surface area contributed by atoms with Crippen LogP contribution in [0, 0.1) is 13.8 Å². The highest BCUT2D eigenvalue weighted by Crippen LogP contribution is 2.14. The van der Waals surface area contributed by atoms with Crippen molar-refractivity contribution in [3.63, 3.8) is 0 Å². The van der Waals surface area contributed by atoms with Crippen molar-refractivity contribution in [3.8, 4) is 0 Å². The van der Waals surface area contributed by atoms with Crippen LogP contribution in [0.5, 0.6) is 0 Å². The summed E-state index contributed by atoms with van der Waals surface area (Å²) in [6.07, 6.45) is 0. The molecule has 6 nitrogen and oxygen atoms in total. The molecule has 7 heteroatoms. The number of halogens is 1. The number of hydrogen-bond acceptors (Lipinski definition) is 4. The van der Waals surface area contributed by atoms with Gasteiger partial charge in [0.2, 0.25) is 5.76 Å². The number of nitrogens with one attached hydrogen (secondary N) is 1. The van der Waals surface area contributed by atoms with Crippen LogP contribution in [-0.2, 0) is 11.3 Å². The van der Waals surface area contributed by atoms with Crippen molar-refractivity contribution in [2.24, 2.45) is 10.7 Å². The summed E-state index contributed by atoms with van der Waals surface area (Å²) in [6, 6.07) is 9.26. The van der Waals surface area contributed by atoms with Crippen molar-refractivity contribution in [2.75, 3.05) is 12.4 Å². The van der Waals surface area contributed by atoms with E-state index < -0.39 is 5.97 Å².